The number of hydrogen-bond donors (Lipinski definition) is 2. The van der Waals surface area contributed by atoms with Gasteiger partial charge in [0, 0.05) is 22.6 Å². The van der Waals surface area contributed by atoms with Crippen molar-refractivity contribution in [2.24, 2.45) is 0 Å². The number of halogens is 4. The predicted molar refractivity (Wildman–Crippen MR) is 96.2 cm³/mol. The number of aromatic nitrogens is 2. The monoisotopic (exact) mass is 392 g/mol. The zero-order valence-electron chi connectivity index (χ0n) is 13.6. The molecule has 1 amide bonds. The van der Waals surface area contributed by atoms with Crippen LogP contribution in [0.15, 0.2) is 60.8 Å². The summed E-state index contributed by atoms with van der Waals surface area (Å²) < 4.78 is 38.3. The zero-order valence-corrected chi connectivity index (χ0v) is 14.3. The number of hydrogen-bond acceptors (Lipinski definition) is 4. The van der Waals surface area contributed by atoms with Crippen LogP contribution in [0.1, 0.15) is 16.1 Å². The van der Waals surface area contributed by atoms with Crippen molar-refractivity contribution in [2.45, 2.75) is 6.18 Å². The van der Waals surface area contributed by atoms with Gasteiger partial charge in [-0.25, -0.2) is 9.97 Å². The van der Waals surface area contributed by atoms with Gasteiger partial charge in [-0.15, -0.1) is 0 Å². The number of alkyl halides is 3. The fourth-order valence-electron chi connectivity index (χ4n) is 2.21. The third-order valence-corrected chi connectivity index (χ3v) is 3.65. The molecule has 2 N–H and O–H groups in total. The summed E-state index contributed by atoms with van der Waals surface area (Å²) in [5.74, 6) is -0.514. The van der Waals surface area contributed by atoms with E-state index in [2.05, 4.69) is 20.6 Å². The summed E-state index contributed by atoms with van der Waals surface area (Å²) in [5, 5.41) is 5.80. The van der Waals surface area contributed by atoms with Crippen LogP contribution < -0.4 is 10.6 Å². The summed E-state index contributed by atoms with van der Waals surface area (Å²) in [7, 11) is 0. The van der Waals surface area contributed by atoms with Gasteiger partial charge in [0.2, 0.25) is 5.95 Å². The second-order valence-corrected chi connectivity index (χ2v) is 5.87. The minimum absolute atomic E-state index is 0.00746. The molecule has 1 heterocycles. The number of amides is 1. The maximum absolute atomic E-state index is 12.8. The molecule has 0 aliphatic heterocycles. The molecule has 2 aromatic carbocycles. The predicted octanol–water partition coefficient (Wildman–Crippen LogP) is 5.14. The number of carbonyl (C=O) groups excluding carboxylic acids is 1. The van der Waals surface area contributed by atoms with Crippen LogP contribution in [-0.4, -0.2) is 15.9 Å². The van der Waals surface area contributed by atoms with Gasteiger partial charge in [0.05, 0.1) is 5.56 Å². The Bertz CT molecular complexity index is 979. The summed E-state index contributed by atoms with van der Waals surface area (Å²) in [6, 6.07) is 12.5. The molecule has 0 saturated carbocycles. The molecule has 0 atom stereocenters. The molecule has 0 aliphatic carbocycles. The molecule has 9 heteroatoms. The molecule has 0 bridgehead atoms. The Kier molecular flexibility index (Phi) is 5.27. The summed E-state index contributed by atoms with van der Waals surface area (Å²) in [4.78, 5) is 20.4. The molecule has 138 valence electrons. The third-order valence-electron chi connectivity index (χ3n) is 3.42. The standard InChI is InChI=1S/C18H12ClF3N4O/c19-12-4-2-6-14(10-12)25-17-23-8-7-15(26-17)16(27)24-13-5-1-3-11(9-13)18(20,21)22/h1-10H,(H,24,27)(H,23,25,26). The second kappa shape index (κ2) is 7.63. The molecule has 0 saturated heterocycles. The van der Waals surface area contributed by atoms with Gasteiger partial charge < -0.3 is 10.6 Å². The van der Waals surface area contributed by atoms with Gasteiger partial charge in [-0.05, 0) is 42.5 Å². The lowest BCUT2D eigenvalue weighted by molar-refractivity contribution is -0.137. The highest BCUT2D eigenvalue weighted by Gasteiger charge is 2.30. The van der Waals surface area contributed by atoms with Gasteiger partial charge in [0.1, 0.15) is 5.69 Å². The second-order valence-electron chi connectivity index (χ2n) is 5.43. The highest BCUT2D eigenvalue weighted by molar-refractivity contribution is 6.30. The number of rotatable bonds is 4. The molecule has 3 rings (SSSR count). The van der Waals surface area contributed by atoms with Gasteiger partial charge in [0.25, 0.3) is 5.91 Å². The SMILES string of the molecule is O=C(Nc1cccc(C(F)(F)F)c1)c1ccnc(Nc2cccc(Cl)c2)n1. The van der Waals surface area contributed by atoms with E-state index in [0.717, 1.165) is 12.1 Å². The molecule has 5 nitrogen and oxygen atoms in total. The minimum Gasteiger partial charge on any atom is -0.324 e. The van der Waals surface area contributed by atoms with Gasteiger partial charge in [-0.2, -0.15) is 13.2 Å². The van der Waals surface area contributed by atoms with Gasteiger partial charge >= 0.3 is 6.18 Å². The average Bonchev–Trinajstić information content (AvgIpc) is 2.61. The van der Waals surface area contributed by atoms with Gasteiger partial charge in [-0.1, -0.05) is 23.7 Å². The van der Waals surface area contributed by atoms with Gasteiger partial charge in [0.15, 0.2) is 0 Å². The fraction of sp³-hybridized carbons (Fsp3) is 0.0556. The molecule has 0 aliphatic rings. The smallest absolute Gasteiger partial charge is 0.324 e. The summed E-state index contributed by atoms with van der Waals surface area (Å²) in [6.45, 7) is 0. The van der Waals surface area contributed by atoms with Crippen LogP contribution >= 0.6 is 11.6 Å². The lowest BCUT2D eigenvalue weighted by Crippen LogP contribution is -2.15. The van der Waals surface area contributed by atoms with Crippen molar-refractivity contribution in [2.75, 3.05) is 10.6 Å². The topological polar surface area (TPSA) is 66.9 Å². The lowest BCUT2D eigenvalue weighted by atomic mass is 10.2. The van der Waals surface area contributed by atoms with Crippen LogP contribution in [-0.2, 0) is 6.18 Å². The normalized spacial score (nSPS) is 11.1. The maximum atomic E-state index is 12.8. The number of nitrogens with zero attached hydrogens (tertiary/aromatic N) is 2. The summed E-state index contributed by atoms with van der Waals surface area (Å²) >= 11 is 5.90. The van der Waals surface area contributed by atoms with Crippen molar-refractivity contribution >= 4 is 34.8 Å². The van der Waals surface area contributed by atoms with E-state index < -0.39 is 17.6 Å². The molecule has 0 spiro atoms. The molecule has 27 heavy (non-hydrogen) atoms. The Morgan fingerprint density at radius 1 is 1.00 bits per heavy atom. The molecule has 0 radical (unpaired) electrons. The molecule has 1 aromatic heterocycles. The summed E-state index contributed by atoms with van der Waals surface area (Å²) in [5.41, 5.74) is -0.228. The Labute approximate surface area is 157 Å². The average molecular weight is 393 g/mol. The third kappa shape index (κ3) is 4.95. The first kappa shape index (κ1) is 18.7. The van der Waals surface area contributed by atoms with E-state index in [1.165, 1.54) is 24.4 Å². The molecular formula is C18H12ClF3N4O. The Balaban J connectivity index is 1.76. The van der Waals surface area contributed by atoms with Crippen LogP contribution in [0.5, 0.6) is 0 Å². The Hall–Kier alpha value is -3.13. The zero-order chi connectivity index (χ0) is 19.4. The van der Waals surface area contributed by atoms with E-state index in [1.54, 1.807) is 24.3 Å². The molecule has 0 unspecified atom stereocenters. The van der Waals surface area contributed by atoms with Crippen LogP contribution in [0.4, 0.5) is 30.5 Å². The van der Waals surface area contributed by atoms with Crippen molar-refractivity contribution in [3.05, 3.63) is 77.1 Å². The highest BCUT2D eigenvalue weighted by Crippen LogP contribution is 2.30. The van der Waals surface area contributed by atoms with Crippen LogP contribution in [0.2, 0.25) is 5.02 Å². The van der Waals surface area contributed by atoms with Crippen molar-refractivity contribution in [1.82, 2.24) is 9.97 Å². The van der Waals surface area contributed by atoms with Crippen molar-refractivity contribution in [3.63, 3.8) is 0 Å². The number of nitrogens with one attached hydrogen (secondary N) is 2. The van der Waals surface area contributed by atoms with Crippen molar-refractivity contribution in [1.29, 1.82) is 0 Å². The first-order valence-electron chi connectivity index (χ1n) is 7.65. The largest absolute Gasteiger partial charge is 0.416 e. The van der Waals surface area contributed by atoms with E-state index in [1.807, 2.05) is 0 Å². The van der Waals surface area contributed by atoms with E-state index in [0.29, 0.717) is 10.7 Å². The number of benzene rings is 2. The van der Waals surface area contributed by atoms with Gasteiger partial charge in [-0.3, -0.25) is 4.79 Å². The maximum Gasteiger partial charge on any atom is 0.416 e. The van der Waals surface area contributed by atoms with E-state index in [9.17, 15) is 18.0 Å². The molecule has 3 aromatic rings. The molecular weight excluding hydrogens is 381 g/mol. The lowest BCUT2D eigenvalue weighted by Gasteiger charge is -2.10. The van der Waals surface area contributed by atoms with Crippen LogP contribution in [0.3, 0.4) is 0 Å². The number of carbonyl (C=O) groups is 1. The van der Waals surface area contributed by atoms with E-state index >= 15 is 0 Å². The quantitative estimate of drug-likeness (QED) is 0.644. The molecule has 0 fully saturated rings. The van der Waals surface area contributed by atoms with Crippen molar-refractivity contribution in [3.8, 4) is 0 Å². The summed E-state index contributed by atoms with van der Waals surface area (Å²) in [6.07, 6.45) is -3.13. The minimum atomic E-state index is -4.50. The fourth-order valence-corrected chi connectivity index (χ4v) is 2.40. The Morgan fingerprint density at radius 2 is 1.74 bits per heavy atom. The number of anilines is 3. The highest BCUT2D eigenvalue weighted by atomic mass is 35.5. The first-order valence-corrected chi connectivity index (χ1v) is 8.03. The van der Waals surface area contributed by atoms with Crippen LogP contribution in [0.25, 0.3) is 0 Å². The van der Waals surface area contributed by atoms with Crippen molar-refractivity contribution < 1.29 is 18.0 Å². The van der Waals surface area contributed by atoms with E-state index in [-0.39, 0.29) is 17.3 Å². The van der Waals surface area contributed by atoms with E-state index in [4.69, 9.17) is 11.6 Å². The van der Waals surface area contributed by atoms with Crippen LogP contribution in [0, 0.1) is 0 Å². The first-order chi connectivity index (χ1) is 12.8. The Morgan fingerprint density at radius 3 is 2.48 bits per heavy atom.